The molecule has 0 saturated heterocycles. The van der Waals surface area contributed by atoms with E-state index in [1.807, 2.05) is 0 Å². The van der Waals surface area contributed by atoms with Gasteiger partial charge in [0.1, 0.15) is 23.2 Å². The van der Waals surface area contributed by atoms with Crippen LogP contribution in [0.1, 0.15) is 21.9 Å². The Kier molecular flexibility index (Phi) is 4.39. The molecule has 1 aromatic heterocycles. The van der Waals surface area contributed by atoms with Gasteiger partial charge in [0.05, 0.1) is 5.56 Å². The van der Waals surface area contributed by atoms with Gasteiger partial charge in [0.15, 0.2) is 0 Å². The zero-order valence-corrected chi connectivity index (χ0v) is 11.7. The monoisotopic (exact) mass is 296 g/mol. The number of anilines is 1. The molecular weight excluding hydrogens is 284 g/mol. The highest BCUT2D eigenvalue weighted by molar-refractivity contribution is 6.09. The van der Waals surface area contributed by atoms with E-state index >= 15 is 0 Å². The molecule has 22 heavy (non-hydrogen) atoms. The van der Waals surface area contributed by atoms with Crippen molar-refractivity contribution in [3.8, 4) is 6.07 Å². The third kappa shape index (κ3) is 3.61. The first-order valence-corrected chi connectivity index (χ1v) is 6.32. The number of carbonyl (C=O) groups excluding carboxylic acids is 1. The lowest BCUT2D eigenvalue weighted by Gasteiger charge is -2.04. The Labute approximate surface area is 126 Å². The van der Waals surface area contributed by atoms with Gasteiger partial charge in [-0.15, -0.1) is 0 Å². The fourth-order valence-electron chi connectivity index (χ4n) is 1.72. The number of nitrogens with one attached hydrogen (secondary N) is 1. The average molecular weight is 296 g/mol. The quantitative estimate of drug-likeness (QED) is 0.667. The minimum atomic E-state index is -1.05. The number of hydrogen-bond acceptors (Lipinski definition) is 4. The number of benzene rings is 1. The number of carboxylic acids is 1. The minimum absolute atomic E-state index is 0.111. The lowest BCUT2D eigenvalue weighted by molar-refractivity contribution is -0.112. The van der Waals surface area contributed by atoms with Crippen LogP contribution in [0.4, 0.5) is 5.69 Å². The summed E-state index contributed by atoms with van der Waals surface area (Å²) in [4.78, 5) is 22.8. The smallest absolute Gasteiger partial charge is 0.335 e. The molecule has 1 heterocycles. The maximum absolute atomic E-state index is 12.0. The first kappa shape index (κ1) is 15.1. The summed E-state index contributed by atoms with van der Waals surface area (Å²) in [5.74, 6) is -0.568. The molecule has 110 valence electrons. The molecule has 0 unspecified atom stereocenters. The van der Waals surface area contributed by atoms with Gasteiger partial charge in [-0.2, -0.15) is 5.26 Å². The van der Waals surface area contributed by atoms with E-state index in [-0.39, 0.29) is 11.1 Å². The molecule has 1 amide bonds. The van der Waals surface area contributed by atoms with Crippen molar-refractivity contribution in [1.29, 1.82) is 5.26 Å². The predicted octanol–water partition coefficient (Wildman–Crippen LogP) is 2.83. The normalized spacial score (nSPS) is 10.8. The number of amides is 1. The van der Waals surface area contributed by atoms with Crippen LogP contribution in [0.25, 0.3) is 6.08 Å². The van der Waals surface area contributed by atoms with Gasteiger partial charge in [0.25, 0.3) is 5.91 Å². The number of carboxylic acid groups (broad SMARTS) is 1. The molecule has 0 saturated carbocycles. The van der Waals surface area contributed by atoms with E-state index in [1.54, 1.807) is 25.1 Å². The highest BCUT2D eigenvalue weighted by Crippen LogP contribution is 2.14. The Morgan fingerprint density at radius 2 is 1.91 bits per heavy atom. The van der Waals surface area contributed by atoms with Gasteiger partial charge in [-0.3, -0.25) is 4.79 Å². The van der Waals surface area contributed by atoms with Gasteiger partial charge in [-0.25, -0.2) is 4.79 Å². The first-order chi connectivity index (χ1) is 10.5. The summed E-state index contributed by atoms with van der Waals surface area (Å²) in [6.45, 7) is 1.76. The number of rotatable bonds is 4. The number of carbonyl (C=O) groups is 2. The van der Waals surface area contributed by atoms with Crippen molar-refractivity contribution >= 4 is 23.6 Å². The van der Waals surface area contributed by atoms with Gasteiger partial charge in [-0.05, 0) is 43.3 Å². The maximum Gasteiger partial charge on any atom is 0.335 e. The van der Waals surface area contributed by atoms with Crippen LogP contribution >= 0.6 is 0 Å². The van der Waals surface area contributed by atoms with Gasteiger partial charge in [-0.1, -0.05) is 0 Å². The molecule has 0 atom stereocenters. The van der Waals surface area contributed by atoms with Gasteiger partial charge < -0.3 is 14.8 Å². The highest BCUT2D eigenvalue weighted by Gasteiger charge is 2.11. The second-order valence-corrected chi connectivity index (χ2v) is 4.45. The van der Waals surface area contributed by atoms with E-state index in [2.05, 4.69) is 5.32 Å². The van der Waals surface area contributed by atoms with Crippen LogP contribution in [0, 0.1) is 18.3 Å². The van der Waals surface area contributed by atoms with Crippen molar-refractivity contribution in [3.63, 3.8) is 0 Å². The topological polar surface area (TPSA) is 103 Å². The average Bonchev–Trinajstić information content (AvgIpc) is 2.90. The second kappa shape index (κ2) is 6.41. The van der Waals surface area contributed by atoms with Crippen molar-refractivity contribution in [3.05, 3.63) is 59.1 Å². The highest BCUT2D eigenvalue weighted by atomic mass is 16.4. The molecular formula is C16H12N2O4. The van der Waals surface area contributed by atoms with Crippen LogP contribution in [-0.2, 0) is 4.79 Å². The molecule has 0 radical (unpaired) electrons. The Morgan fingerprint density at radius 1 is 1.23 bits per heavy atom. The van der Waals surface area contributed by atoms with Crippen LogP contribution in [-0.4, -0.2) is 17.0 Å². The van der Waals surface area contributed by atoms with Crippen molar-refractivity contribution in [2.75, 3.05) is 5.32 Å². The van der Waals surface area contributed by atoms with E-state index in [4.69, 9.17) is 14.8 Å². The number of furan rings is 1. The molecule has 2 rings (SSSR count). The third-order valence-electron chi connectivity index (χ3n) is 2.80. The van der Waals surface area contributed by atoms with E-state index in [0.717, 1.165) is 0 Å². The fourth-order valence-corrected chi connectivity index (χ4v) is 1.72. The number of nitriles is 1. The molecule has 2 aromatic rings. The van der Waals surface area contributed by atoms with E-state index in [1.165, 1.54) is 30.3 Å². The van der Waals surface area contributed by atoms with Crippen molar-refractivity contribution in [1.82, 2.24) is 0 Å². The maximum atomic E-state index is 12.0. The molecule has 6 nitrogen and oxygen atoms in total. The van der Waals surface area contributed by atoms with Crippen LogP contribution in [0.15, 0.2) is 46.4 Å². The standard InChI is InChI=1S/C16H12N2O4/c1-10-2-7-14(22-10)8-12(9-17)15(19)18-13-5-3-11(4-6-13)16(20)21/h2-8H,1H3,(H,18,19)(H,20,21). The summed E-state index contributed by atoms with van der Waals surface area (Å²) in [7, 11) is 0. The first-order valence-electron chi connectivity index (χ1n) is 6.32. The summed E-state index contributed by atoms with van der Waals surface area (Å²) < 4.78 is 5.29. The molecule has 0 bridgehead atoms. The third-order valence-corrected chi connectivity index (χ3v) is 2.80. The summed E-state index contributed by atoms with van der Waals surface area (Å²) in [5, 5.41) is 20.4. The predicted molar refractivity (Wildman–Crippen MR) is 79.1 cm³/mol. The fraction of sp³-hybridized carbons (Fsp3) is 0.0625. The summed E-state index contributed by atoms with van der Waals surface area (Å²) in [6, 6.07) is 10.8. The molecule has 2 N–H and O–H groups in total. The lowest BCUT2D eigenvalue weighted by atomic mass is 10.2. The van der Waals surface area contributed by atoms with Gasteiger partial charge >= 0.3 is 5.97 Å². The Hall–Kier alpha value is -3.33. The molecule has 1 aromatic carbocycles. The van der Waals surface area contributed by atoms with Gasteiger partial charge in [0, 0.05) is 11.8 Å². The van der Waals surface area contributed by atoms with Gasteiger partial charge in [0.2, 0.25) is 0 Å². The molecule has 0 fully saturated rings. The number of hydrogen-bond donors (Lipinski definition) is 2. The van der Waals surface area contributed by atoms with Crippen LogP contribution in [0.2, 0.25) is 0 Å². The number of nitrogens with zero attached hydrogens (tertiary/aromatic N) is 1. The van der Waals surface area contributed by atoms with Crippen LogP contribution in [0.3, 0.4) is 0 Å². The van der Waals surface area contributed by atoms with Crippen molar-refractivity contribution in [2.45, 2.75) is 6.92 Å². The lowest BCUT2D eigenvalue weighted by Crippen LogP contribution is -2.13. The Bertz CT molecular complexity index is 779. The van der Waals surface area contributed by atoms with Crippen LogP contribution < -0.4 is 5.32 Å². The molecule has 0 aliphatic heterocycles. The summed E-state index contributed by atoms with van der Waals surface area (Å²) in [5.41, 5.74) is 0.392. The molecule has 6 heteroatoms. The van der Waals surface area contributed by atoms with E-state index in [0.29, 0.717) is 17.2 Å². The zero-order chi connectivity index (χ0) is 16.1. The van der Waals surface area contributed by atoms with Crippen molar-refractivity contribution in [2.24, 2.45) is 0 Å². The number of aryl methyl sites for hydroxylation is 1. The van der Waals surface area contributed by atoms with Crippen molar-refractivity contribution < 1.29 is 19.1 Å². The number of aromatic carboxylic acids is 1. The largest absolute Gasteiger partial charge is 0.478 e. The van der Waals surface area contributed by atoms with E-state index in [9.17, 15) is 9.59 Å². The molecule has 0 aliphatic rings. The summed E-state index contributed by atoms with van der Waals surface area (Å²) in [6.07, 6.45) is 1.34. The minimum Gasteiger partial charge on any atom is -0.478 e. The Balaban J connectivity index is 2.14. The zero-order valence-electron chi connectivity index (χ0n) is 11.7. The molecule has 0 aliphatic carbocycles. The van der Waals surface area contributed by atoms with E-state index < -0.39 is 11.9 Å². The summed E-state index contributed by atoms with van der Waals surface area (Å²) >= 11 is 0. The Morgan fingerprint density at radius 3 is 2.41 bits per heavy atom. The molecule has 0 spiro atoms. The second-order valence-electron chi connectivity index (χ2n) is 4.45. The SMILES string of the molecule is Cc1ccc(C=C(C#N)C(=O)Nc2ccc(C(=O)O)cc2)o1. The van der Waals surface area contributed by atoms with Crippen LogP contribution in [0.5, 0.6) is 0 Å².